The van der Waals surface area contributed by atoms with Gasteiger partial charge < -0.3 is 0 Å². The first-order valence-electron chi connectivity index (χ1n) is 10.5. The Balaban J connectivity index is 3.33. The molecule has 0 spiro atoms. The van der Waals surface area contributed by atoms with Crippen molar-refractivity contribution in [2.75, 3.05) is 5.75 Å². The molecular formula is C20H44SSn. The molecule has 0 aliphatic heterocycles. The predicted molar refractivity (Wildman–Crippen MR) is 111 cm³/mol. The van der Waals surface area contributed by atoms with Crippen molar-refractivity contribution in [2.45, 2.75) is 120 Å². The van der Waals surface area contributed by atoms with Crippen LogP contribution in [0.3, 0.4) is 0 Å². The zero-order chi connectivity index (χ0) is 16.3. The second-order valence-electron chi connectivity index (χ2n) is 6.96. The van der Waals surface area contributed by atoms with Crippen LogP contribution in [0.2, 0.25) is 8.87 Å². The standard InChI is InChI=1S/C12H26S.2C4H9.Sn.H/c1-2-3-4-5-6-7-8-9-10-11-12-13;2*1-3-4-2;;/h13H,2-12H2,1H3;2*1,3-4H2,2H3;;/q;;;+1;/p-1. The Morgan fingerprint density at radius 2 is 0.909 bits per heavy atom. The van der Waals surface area contributed by atoms with Gasteiger partial charge >= 0.3 is 146 Å². The zero-order valence-corrected chi connectivity index (χ0v) is 20.1. The molecular weight excluding hydrogens is 391 g/mol. The van der Waals surface area contributed by atoms with Gasteiger partial charge in [-0.3, -0.25) is 0 Å². The van der Waals surface area contributed by atoms with E-state index >= 15 is 0 Å². The fraction of sp³-hybridized carbons (Fsp3) is 1.00. The van der Waals surface area contributed by atoms with Gasteiger partial charge in [-0.15, -0.1) is 0 Å². The first-order chi connectivity index (χ1) is 10.8. The summed E-state index contributed by atoms with van der Waals surface area (Å²) in [6.07, 6.45) is 20.6. The fourth-order valence-corrected chi connectivity index (χ4v) is 19.2. The van der Waals surface area contributed by atoms with Crippen molar-refractivity contribution in [2.24, 2.45) is 0 Å². The molecule has 0 atom stereocenters. The monoisotopic (exact) mass is 436 g/mol. The van der Waals surface area contributed by atoms with Crippen LogP contribution in [0.15, 0.2) is 0 Å². The van der Waals surface area contributed by atoms with Crippen LogP contribution in [0.5, 0.6) is 0 Å². The molecule has 0 aliphatic rings. The normalized spacial score (nSPS) is 11.5. The molecule has 0 rings (SSSR count). The van der Waals surface area contributed by atoms with Crippen LogP contribution in [-0.4, -0.2) is 24.1 Å². The van der Waals surface area contributed by atoms with Crippen molar-refractivity contribution < 1.29 is 0 Å². The summed E-state index contributed by atoms with van der Waals surface area (Å²) in [5.41, 5.74) is 0. The van der Waals surface area contributed by atoms with Crippen molar-refractivity contribution in [3.8, 4) is 0 Å². The molecule has 0 nitrogen and oxygen atoms in total. The molecule has 0 aromatic carbocycles. The van der Waals surface area contributed by atoms with Gasteiger partial charge in [-0.05, 0) is 0 Å². The van der Waals surface area contributed by atoms with Crippen LogP contribution in [-0.2, 0) is 0 Å². The summed E-state index contributed by atoms with van der Waals surface area (Å²) >= 11 is -1.15. The van der Waals surface area contributed by atoms with Crippen molar-refractivity contribution in [3.63, 3.8) is 0 Å². The van der Waals surface area contributed by atoms with Gasteiger partial charge in [0, 0.05) is 0 Å². The van der Waals surface area contributed by atoms with Crippen LogP contribution >= 0.6 is 8.95 Å². The molecule has 0 aromatic heterocycles. The molecule has 0 radical (unpaired) electrons. The van der Waals surface area contributed by atoms with E-state index in [2.05, 4.69) is 29.7 Å². The SMILES string of the molecule is CCCCCCCCCCCC[S][SnH]([CH2]CCC)[CH2]CCC. The first-order valence-corrected chi connectivity index (χ1v) is 20.2. The summed E-state index contributed by atoms with van der Waals surface area (Å²) in [4.78, 5) is 0. The second kappa shape index (κ2) is 20.2. The van der Waals surface area contributed by atoms with Gasteiger partial charge in [0.1, 0.15) is 0 Å². The van der Waals surface area contributed by atoms with Gasteiger partial charge in [-0.2, -0.15) is 0 Å². The second-order valence-corrected chi connectivity index (χ2v) is 21.9. The molecule has 22 heavy (non-hydrogen) atoms. The van der Waals surface area contributed by atoms with E-state index in [4.69, 9.17) is 0 Å². The molecule has 0 heterocycles. The zero-order valence-electron chi connectivity index (χ0n) is 16.0. The van der Waals surface area contributed by atoms with Crippen LogP contribution in [0.25, 0.3) is 0 Å². The Kier molecular flexibility index (Phi) is 21.2. The molecule has 0 saturated carbocycles. The molecule has 2 heteroatoms. The molecule has 0 bridgehead atoms. The van der Waals surface area contributed by atoms with Crippen molar-refractivity contribution in [1.29, 1.82) is 0 Å². The maximum atomic E-state index is 2.49. The quantitative estimate of drug-likeness (QED) is 0.155. The summed E-state index contributed by atoms with van der Waals surface area (Å²) in [5, 5.41) is 0. The average molecular weight is 435 g/mol. The van der Waals surface area contributed by atoms with Crippen molar-refractivity contribution in [3.05, 3.63) is 0 Å². The molecule has 0 unspecified atom stereocenters. The van der Waals surface area contributed by atoms with Gasteiger partial charge in [0.05, 0.1) is 0 Å². The molecule has 0 N–H and O–H groups in total. The molecule has 0 aliphatic carbocycles. The number of hydrogen-bond donors (Lipinski definition) is 0. The summed E-state index contributed by atoms with van der Waals surface area (Å²) in [6, 6.07) is 0. The number of rotatable bonds is 18. The summed E-state index contributed by atoms with van der Waals surface area (Å²) in [7, 11) is 2.49. The minimum absolute atomic E-state index is 1.15. The van der Waals surface area contributed by atoms with Crippen LogP contribution in [0, 0.1) is 0 Å². The molecule has 0 saturated heterocycles. The van der Waals surface area contributed by atoms with Gasteiger partial charge in [0.2, 0.25) is 0 Å². The minimum atomic E-state index is -1.15. The van der Waals surface area contributed by atoms with Gasteiger partial charge in [0.15, 0.2) is 0 Å². The fourth-order valence-electron chi connectivity index (χ4n) is 3.01. The molecule has 0 fully saturated rings. The molecule has 0 aromatic rings. The van der Waals surface area contributed by atoms with Crippen LogP contribution in [0.1, 0.15) is 111 Å². The van der Waals surface area contributed by atoms with E-state index in [1.165, 1.54) is 95.6 Å². The molecule has 134 valence electrons. The van der Waals surface area contributed by atoms with Crippen molar-refractivity contribution >= 4 is 27.3 Å². The first kappa shape index (κ1) is 23.1. The van der Waals surface area contributed by atoms with Crippen LogP contribution < -0.4 is 0 Å². The third kappa shape index (κ3) is 17.5. The average Bonchev–Trinajstić information content (AvgIpc) is 2.54. The van der Waals surface area contributed by atoms with E-state index in [0.717, 1.165) is 0 Å². The van der Waals surface area contributed by atoms with E-state index in [9.17, 15) is 0 Å². The van der Waals surface area contributed by atoms with Gasteiger partial charge in [-0.1, -0.05) is 6.92 Å². The van der Waals surface area contributed by atoms with Crippen LogP contribution in [0.4, 0.5) is 0 Å². The van der Waals surface area contributed by atoms with E-state index in [1.807, 2.05) is 0 Å². The van der Waals surface area contributed by atoms with Gasteiger partial charge in [-0.25, -0.2) is 0 Å². The van der Waals surface area contributed by atoms with Crippen molar-refractivity contribution in [1.82, 2.24) is 0 Å². The topological polar surface area (TPSA) is 0 Å². The Morgan fingerprint density at radius 3 is 1.36 bits per heavy atom. The Hall–Kier alpha value is 1.15. The van der Waals surface area contributed by atoms with E-state index < -0.39 is 18.4 Å². The van der Waals surface area contributed by atoms with Gasteiger partial charge in [0.25, 0.3) is 0 Å². The third-order valence-corrected chi connectivity index (χ3v) is 20.8. The van der Waals surface area contributed by atoms with E-state index in [0.29, 0.717) is 0 Å². The Morgan fingerprint density at radius 1 is 0.500 bits per heavy atom. The third-order valence-electron chi connectivity index (χ3n) is 4.61. The maximum absolute atomic E-state index is 2.49. The number of unbranched alkanes of at least 4 members (excludes halogenated alkanes) is 11. The molecule has 0 amide bonds. The summed E-state index contributed by atoms with van der Waals surface area (Å²) < 4.78 is 3.33. The summed E-state index contributed by atoms with van der Waals surface area (Å²) in [5.74, 6) is 1.50. The Labute approximate surface area is 152 Å². The van der Waals surface area contributed by atoms with E-state index in [-0.39, 0.29) is 0 Å². The summed E-state index contributed by atoms with van der Waals surface area (Å²) in [6.45, 7) is 7.02. The number of hydrogen-bond acceptors (Lipinski definition) is 1. The predicted octanol–water partition coefficient (Wildman–Crippen LogP) is 7.96. The van der Waals surface area contributed by atoms with E-state index in [1.54, 1.807) is 8.87 Å². The Bertz CT molecular complexity index is 188.